The van der Waals surface area contributed by atoms with Crippen LogP contribution >= 0.6 is 0 Å². The molecule has 0 aliphatic rings. The van der Waals surface area contributed by atoms with Gasteiger partial charge >= 0.3 is 0 Å². The van der Waals surface area contributed by atoms with Gasteiger partial charge in [-0.05, 0) is 35.0 Å². The summed E-state index contributed by atoms with van der Waals surface area (Å²) >= 11 is 0. The maximum atomic E-state index is 13.1. The summed E-state index contributed by atoms with van der Waals surface area (Å²) in [5.74, 6) is -0.501. The molecule has 1 atom stereocenters. The first kappa shape index (κ1) is 19.5. The highest BCUT2D eigenvalue weighted by Crippen LogP contribution is 2.32. The molecule has 0 aliphatic heterocycles. The molecule has 0 spiro atoms. The number of amides is 1. The lowest BCUT2D eigenvalue weighted by molar-refractivity contribution is -0.121. The summed E-state index contributed by atoms with van der Waals surface area (Å²) in [7, 11) is -1.54. The molecular weight excluding hydrogens is 382 g/mol. The molecule has 2 N–H and O–H groups in total. The van der Waals surface area contributed by atoms with Crippen molar-refractivity contribution in [2.75, 3.05) is 14.2 Å². The van der Waals surface area contributed by atoms with Gasteiger partial charge in [0.05, 0.1) is 14.2 Å². The number of fused-ring (bicyclic) bond motifs is 1. The monoisotopic (exact) mass is 401 g/mol. The predicted octanol–water partition coefficient (Wildman–Crippen LogP) is 2.52. The van der Waals surface area contributed by atoms with E-state index in [1.165, 1.54) is 32.4 Å². The molecule has 7 nitrogen and oxygen atoms in total. The Labute approximate surface area is 162 Å². The van der Waals surface area contributed by atoms with Gasteiger partial charge in [-0.15, -0.1) is 0 Å². The van der Waals surface area contributed by atoms with Gasteiger partial charge < -0.3 is 19.9 Å². The normalized spacial score (nSPS) is 12.4. The van der Waals surface area contributed by atoms with E-state index in [4.69, 9.17) is 19.9 Å². The van der Waals surface area contributed by atoms with Crippen LogP contribution in [0.1, 0.15) is 0 Å². The van der Waals surface area contributed by atoms with E-state index in [1.807, 2.05) is 24.3 Å². The van der Waals surface area contributed by atoms with Crippen LogP contribution < -0.4 is 19.9 Å². The Hall–Kier alpha value is -3.26. The second-order valence-corrected chi connectivity index (χ2v) is 7.88. The fourth-order valence-electron chi connectivity index (χ4n) is 2.76. The van der Waals surface area contributed by atoms with Gasteiger partial charge in [0.1, 0.15) is 22.1 Å². The highest BCUT2D eigenvalue weighted by atomic mass is 32.2. The van der Waals surface area contributed by atoms with E-state index < -0.39 is 21.2 Å². The van der Waals surface area contributed by atoms with Crippen molar-refractivity contribution in [1.29, 1.82) is 0 Å². The molecule has 8 heteroatoms. The molecule has 28 heavy (non-hydrogen) atoms. The summed E-state index contributed by atoms with van der Waals surface area (Å²) in [6.07, 6.45) is 0. The summed E-state index contributed by atoms with van der Waals surface area (Å²) in [6, 6.07) is 16.6. The zero-order valence-electron chi connectivity index (χ0n) is 15.3. The minimum absolute atomic E-state index is 0.0210. The van der Waals surface area contributed by atoms with Crippen molar-refractivity contribution in [3.05, 3.63) is 60.7 Å². The number of hydrogen-bond donors (Lipinski definition) is 1. The van der Waals surface area contributed by atoms with Crippen molar-refractivity contribution in [1.82, 2.24) is 0 Å². The number of sulfone groups is 1. The van der Waals surface area contributed by atoms with Crippen molar-refractivity contribution in [3.63, 3.8) is 0 Å². The van der Waals surface area contributed by atoms with Gasteiger partial charge in [-0.2, -0.15) is 0 Å². The van der Waals surface area contributed by atoms with Crippen LogP contribution in [0.2, 0.25) is 0 Å². The molecule has 0 saturated carbocycles. The van der Waals surface area contributed by atoms with Gasteiger partial charge in [0.25, 0.3) is 11.3 Å². The van der Waals surface area contributed by atoms with E-state index in [2.05, 4.69) is 0 Å². The molecule has 3 aromatic rings. The Morgan fingerprint density at radius 1 is 0.893 bits per heavy atom. The summed E-state index contributed by atoms with van der Waals surface area (Å²) in [5, 5.41) is 1.79. The zero-order valence-corrected chi connectivity index (χ0v) is 16.1. The minimum Gasteiger partial charge on any atom is -0.497 e. The van der Waals surface area contributed by atoms with Crippen molar-refractivity contribution in [2.45, 2.75) is 10.3 Å². The number of carbonyl (C=O) groups excluding carboxylic acids is 1. The number of benzene rings is 3. The number of primary amides is 1. The third-order valence-electron chi connectivity index (χ3n) is 4.16. The summed E-state index contributed by atoms with van der Waals surface area (Å²) < 4.78 is 41.9. The van der Waals surface area contributed by atoms with E-state index in [0.29, 0.717) is 5.75 Å². The van der Waals surface area contributed by atoms with E-state index >= 15 is 0 Å². The average molecular weight is 401 g/mol. The van der Waals surface area contributed by atoms with E-state index in [-0.39, 0.29) is 16.4 Å². The number of nitrogens with two attached hydrogens (primary N) is 1. The van der Waals surface area contributed by atoms with Crippen molar-refractivity contribution in [2.24, 2.45) is 5.73 Å². The number of methoxy groups -OCH3 is 2. The average Bonchev–Trinajstić information content (AvgIpc) is 2.70. The van der Waals surface area contributed by atoms with Gasteiger partial charge in [0.15, 0.2) is 0 Å². The molecule has 0 bridgehead atoms. The lowest BCUT2D eigenvalue weighted by atomic mass is 10.1. The highest BCUT2D eigenvalue weighted by Gasteiger charge is 2.37. The molecule has 3 rings (SSSR count). The van der Waals surface area contributed by atoms with E-state index in [1.54, 1.807) is 18.2 Å². The van der Waals surface area contributed by atoms with Crippen LogP contribution in [0, 0.1) is 0 Å². The van der Waals surface area contributed by atoms with Crippen molar-refractivity contribution >= 4 is 26.5 Å². The maximum absolute atomic E-state index is 13.1. The van der Waals surface area contributed by atoms with Crippen LogP contribution in [0.4, 0.5) is 0 Å². The van der Waals surface area contributed by atoms with E-state index in [9.17, 15) is 13.2 Å². The largest absolute Gasteiger partial charge is 0.497 e. The summed E-state index contributed by atoms with van der Waals surface area (Å²) in [5.41, 5.74) is 3.44. The summed E-state index contributed by atoms with van der Waals surface area (Å²) in [6.45, 7) is 0. The van der Waals surface area contributed by atoms with Crippen LogP contribution in [-0.2, 0) is 14.6 Å². The smallest absolute Gasteiger partial charge is 0.280 e. The zero-order chi connectivity index (χ0) is 20.3. The molecule has 0 heterocycles. The van der Waals surface area contributed by atoms with Gasteiger partial charge in [-0.3, -0.25) is 4.79 Å². The van der Waals surface area contributed by atoms with Gasteiger partial charge in [-0.1, -0.05) is 30.3 Å². The molecule has 1 amide bonds. The molecule has 0 radical (unpaired) electrons. The molecular formula is C20H19NO6S. The Bertz CT molecular complexity index is 1130. The number of ether oxygens (including phenoxy) is 3. The fourth-order valence-corrected chi connectivity index (χ4v) is 4.22. The molecule has 0 aliphatic carbocycles. The quantitative estimate of drug-likeness (QED) is 0.652. The number of hydrogen-bond acceptors (Lipinski definition) is 6. The second kappa shape index (κ2) is 7.77. The lowest BCUT2D eigenvalue weighted by Gasteiger charge is -2.19. The first-order valence-electron chi connectivity index (χ1n) is 8.27. The molecule has 1 unspecified atom stereocenters. The SMILES string of the molecule is COc1ccc(S(=O)(=O)C(Oc2ccc3ccccc3c2)C(N)=O)c(OC)c1. The van der Waals surface area contributed by atoms with Crippen LogP contribution in [-0.4, -0.2) is 34.0 Å². The van der Waals surface area contributed by atoms with Crippen LogP contribution in [0.5, 0.6) is 17.2 Å². The Balaban J connectivity index is 2.02. The Kier molecular flexibility index (Phi) is 5.41. The standard InChI is InChI=1S/C20H19NO6S/c1-25-15-9-10-18(17(12-15)26-2)28(23,24)20(19(21)22)27-16-8-7-13-5-3-4-6-14(13)11-16/h3-12,20H,1-2H3,(H2,21,22). The highest BCUT2D eigenvalue weighted by molar-refractivity contribution is 7.92. The minimum atomic E-state index is -4.30. The lowest BCUT2D eigenvalue weighted by Crippen LogP contribution is -2.40. The van der Waals surface area contributed by atoms with Gasteiger partial charge in [0.2, 0.25) is 9.84 Å². The Morgan fingerprint density at radius 3 is 2.21 bits per heavy atom. The second-order valence-electron chi connectivity index (χ2n) is 5.92. The Morgan fingerprint density at radius 2 is 1.57 bits per heavy atom. The van der Waals surface area contributed by atoms with E-state index in [0.717, 1.165) is 10.8 Å². The molecule has 0 saturated heterocycles. The fraction of sp³-hybridized carbons (Fsp3) is 0.150. The van der Waals surface area contributed by atoms with Crippen LogP contribution in [0.15, 0.2) is 65.6 Å². The molecule has 146 valence electrons. The van der Waals surface area contributed by atoms with Crippen LogP contribution in [0.25, 0.3) is 10.8 Å². The van der Waals surface area contributed by atoms with Crippen molar-refractivity contribution in [3.8, 4) is 17.2 Å². The first-order valence-corrected chi connectivity index (χ1v) is 9.82. The third-order valence-corrected chi connectivity index (χ3v) is 6.00. The maximum Gasteiger partial charge on any atom is 0.280 e. The van der Waals surface area contributed by atoms with Gasteiger partial charge in [-0.25, -0.2) is 8.42 Å². The van der Waals surface area contributed by atoms with Crippen molar-refractivity contribution < 1.29 is 27.4 Å². The molecule has 3 aromatic carbocycles. The number of rotatable bonds is 7. The first-order chi connectivity index (χ1) is 13.4. The molecule has 0 fully saturated rings. The molecule has 0 aromatic heterocycles. The topological polar surface area (TPSA) is 105 Å². The van der Waals surface area contributed by atoms with Gasteiger partial charge in [0, 0.05) is 6.07 Å². The number of carbonyl (C=O) groups is 1. The predicted molar refractivity (Wildman–Crippen MR) is 104 cm³/mol. The summed E-state index contributed by atoms with van der Waals surface area (Å²) in [4.78, 5) is 11.7. The van der Waals surface area contributed by atoms with Crippen LogP contribution in [0.3, 0.4) is 0 Å². The third kappa shape index (κ3) is 3.72.